The van der Waals surface area contributed by atoms with E-state index in [1.807, 2.05) is 0 Å². The van der Waals surface area contributed by atoms with E-state index in [2.05, 4.69) is 30.9 Å². The molecule has 11 heavy (non-hydrogen) atoms. The molecule has 0 heterocycles. The van der Waals surface area contributed by atoms with Crippen LogP contribution in [0.3, 0.4) is 0 Å². The minimum Gasteiger partial charge on any atom is -0.258 e. The van der Waals surface area contributed by atoms with Gasteiger partial charge in [-0.05, 0) is 12.8 Å². The topological polar surface area (TPSA) is 24.1 Å². The van der Waals surface area contributed by atoms with E-state index in [1.165, 1.54) is 0 Å². The largest absolute Gasteiger partial charge is 0.258 e. The van der Waals surface area contributed by atoms with Crippen molar-refractivity contribution in [1.82, 2.24) is 10.9 Å². The highest BCUT2D eigenvalue weighted by atomic mass is 15.3. The van der Waals surface area contributed by atoms with Crippen molar-refractivity contribution in [2.24, 2.45) is 0 Å². The molecule has 0 aromatic heterocycles. The maximum atomic E-state index is 3.81. The van der Waals surface area contributed by atoms with Gasteiger partial charge >= 0.3 is 0 Å². The first kappa shape index (κ1) is 10.4. The smallest absolute Gasteiger partial charge is 0.0140 e. The van der Waals surface area contributed by atoms with E-state index in [0.29, 0.717) is 0 Å². The Hall–Kier alpha value is -0.600. The summed E-state index contributed by atoms with van der Waals surface area (Å²) in [6, 6.07) is 0. The van der Waals surface area contributed by atoms with Crippen molar-refractivity contribution in [1.29, 1.82) is 0 Å². The van der Waals surface area contributed by atoms with Gasteiger partial charge in [0.25, 0.3) is 0 Å². The van der Waals surface area contributed by atoms with E-state index < -0.39 is 0 Å². The Bertz CT molecular complexity index is 119. The first-order chi connectivity index (χ1) is 5.31. The molecule has 0 saturated carbocycles. The lowest BCUT2D eigenvalue weighted by atomic mass is 10.2. The third-order valence-corrected chi connectivity index (χ3v) is 1.36. The molecular weight excluding hydrogens is 136 g/mol. The summed E-state index contributed by atoms with van der Waals surface area (Å²) >= 11 is 0. The van der Waals surface area contributed by atoms with Crippen molar-refractivity contribution in [2.45, 2.75) is 19.8 Å². The molecule has 0 radical (unpaired) electrons. The quantitative estimate of drug-likeness (QED) is 0.331. The van der Waals surface area contributed by atoms with Crippen molar-refractivity contribution in [3.63, 3.8) is 0 Å². The summed E-state index contributed by atoms with van der Waals surface area (Å²) in [5, 5.41) is 0. The predicted octanol–water partition coefficient (Wildman–Crippen LogP) is 1.62. The third kappa shape index (κ3) is 7.30. The van der Waals surface area contributed by atoms with Crippen molar-refractivity contribution in [3.8, 4) is 0 Å². The fourth-order valence-corrected chi connectivity index (χ4v) is 0.627. The maximum Gasteiger partial charge on any atom is 0.0140 e. The van der Waals surface area contributed by atoms with Crippen LogP contribution in [-0.4, -0.2) is 13.1 Å². The van der Waals surface area contributed by atoms with Crippen LogP contribution in [0.5, 0.6) is 0 Å². The Balaban J connectivity index is 3.01. The molecule has 0 saturated heterocycles. The van der Waals surface area contributed by atoms with Gasteiger partial charge in [-0.2, -0.15) is 0 Å². The van der Waals surface area contributed by atoms with Gasteiger partial charge in [0, 0.05) is 13.1 Å². The lowest BCUT2D eigenvalue weighted by Gasteiger charge is -2.04. The molecular formula is C9H18N2. The van der Waals surface area contributed by atoms with Gasteiger partial charge < -0.3 is 0 Å². The van der Waals surface area contributed by atoms with Gasteiger partial charge in [-0.25, -0.2) is 0 Å². The minimum atomic E-state index is 0.921. The van der Waals surface area contributed by atoms with Crippen molar-refractivity contribution in [2.75, 3.05) is 13.1 Å². The number of hydrazine groups is 1. The highest BCUT2D eigenvalue weighted by Gasteiger charge is 1.86. The number of rotatable bonds is 7. The zero-order chi connectivity index (χ0) is 8.53. The van der Waals surface area contributed by atoms with E-state index >= 15 is 0 Å². The van der Waals surface area contributed by atoms with Crippen LogP contribution in [0, 0.1) is 0 Å². The molecule has 0 atom stereocenters. The average molecular weight is 154 g/mol. The summed E-state index contributed by atoms with van der Waals surface area (Å²) in [6.45, 7) is 11.5. The lowest BCUT2D eigenvalue weighted by molar-refractivity contribution is 0.533. The molecule has 2 heteroatoms. The molecule has 0 amide bonds. The molecule has 0 aromatic rings. The molecule has 0 unspecified atom stereocenters. The van der Waals surface area contributed by atoms with Gasteiger partial charge in [0.1, 0.15) is 0 Å². The fourth-order valence-electron chi connectivity index (χ4n) is 0.627. The summed E-state index contributed by atoms with van der Waals surface area (Å²) in [7, 11) is 0. The molecule has 2 nitrogen and oxygen atoms in total. The zero-order valence-corrected chi connectivity index (χ0v) is 7.32. The maximum absolute atomic E-state index is 3.81. The molecule has 0 rings (SSSR count). The second kappa shape index (κ2) is 7.51. The molecule has 0 bridgehead atoms. The Labute approximate surface area is 69.3 Å². The summed E-state index contributed by atoms with van der Waals surface area (Å²) in [4.78, 5) is 0. The van der Waals surface area contributed by atoms with Gasteiger partial charge in [-0.3, -0.25) is 10.9 Å². The van der Waals surface area contributed by atoms with Crippen LogP contribution in [0.4, 0.5) is 0 Å². The molecule has 64 valence electrons. The predicted molar refractivity (Wildman–Crippen MR) is 50.3 cm³/mol. The van der Waals surface area contributed by atoms with Crippen LogP contribution >= 0.6 is 0 Å². The summed E-state index contributed by atoms with van der Waals surface area (Å²) < 4.78 is 0. The van der Waals surface area contributed by atoms with E-state index in [0.717, 1.165) is 31.5 Å². The van der Waals surface area contributed by atoms with Gasteiger partial charge in [0.05, 0.1) is 0 Å². The van der Waals surface area contributed by atoms with Gasteiger partial charge in [-0.15, -0.1) is 0 Å². The molecule has 0 aliphatic heterocycles. The van der Waals surface area contributed by atoms with Crippen LogP contribution in [0.25, 0.3) is 0 Å². The molecule has 2 N–H and O–H groups in total. The van der Waals surface area contributed by atoms with Crippen molar-refractivity contribution in [3.05, 3.63) is 24.8 Å². The minimum absolute atomic E-state index is 0.921. The van der Waals surface area contributed by atoms with Crippen LogP contribution in [-0.2, 0) is 0 Å². The first-order valence-corrected chi connectivity index (χ1v) is 4.07. The van der Waals surface area contributed by atoms with Crippen molar-refractivity contribution >= 4 is 0 Å². The summed E-state index contributed by atoms with van der Waals surface area (Å²) in [5.41, 5.74) is 7.26. The normalized spacial score (nSPS) is 9.55. The van der Waals surface area contributed by atoms with E-state index in [-0.39, 0.29) is 0 Å². The molecule has 0 aromatic carbocycles. The standard InChI is InChI=1S/C9H18N2/c1-4-7-10-11-8-6-9(3)5-2/h5,10-11H,2-4,6-8H2,1H3. The highest BCUT2D eigenvalue weighted by molar-refractivity contribution is 5.10. The number of nitrogens with one attached hydrogen (secondary N) is 2. The average Bonchev–Trinajstić information content (AvgIpc) is 2.04. The van der Waals surface area contributed by atoms with Crippen LogP contribution in [0.2, 0.25) is 0 Å². The first-order valence-electron chi connectivity index (χ1n) is 4.07. The van der Waals surface area contributed by atoms with Gasteiger partial charge in [0.2, 0.25) is 0 Å². The summed E-state index contributed by atoms with van der Waals surface area (Å²) in [6.07, 6.45) is 3.90. The third-order valence-electron chi connectivity index (χ3n) is 1.36. The van der Waals surface area contributed by atoms with E-state index in [9.17, 15) is 0 Å². The Morgan fingerprint density at radius 3 is 2.55 bits per heavy atom. The SMILES string of the molecule is C=CC(=C)CCNNCCC. The lowest BCUT2D eigenvalue weighted by Crippen LogP contribution is -2.33. The zero-order valence-electron chi connectivity index (χ0n) is 7.32. The van der Waals surface area contributed by atoms with Crippen molar-refractivity contribution < 1.29 is 0 Å². The van der Waals surface area contributed by atoms with Gasteiger partial charge in [-0.1, -0.05) is 31.7 Å². The molecule has 0 fully saturated rings. The number of allylic oxidation sites excluding steroid dienone is 1. The number of hydrogen-bond donors (Lipinski definition) is 2. The fraction of sp³-hybridized carbons (Fsp3) is 0.556. The van der Waals surface area contributed by atoms with Crippen LogP contribution in [0.15, 0.2) is 24.8 Å². The van der Waals surface area contributed by atoms with E-state index in [4.69, 9.17) is 0 Å². The Kier molecular flexibility index (Phi) is 7.10. The second-order valence-electron chi connectivity index (χ2n) is 2.47. The van der Waals surface area contributed by atoms with Gasteiger partial charge in [0.15, 0.2) is 0 Å². The Morgan fingerprint density at radius 2 is 2.00 bits per heavy atom. The number of hydrogen-bond acceptors (Lipinski definition) is 2. The monoisotopic (exact) mass is 154 g/mol. The van der Waals surface area contributed by atoms with E-state index in [1.54, 1.807) is 6.08 Å². The second-order valence-corrected chi connectivity index (χ2v) is 2.47. The summed E-state index contributed by atoms with van der Waals surface area (Å²) in [5.74, 6) is 0. The molecule has 0 spiro atoms. The molecule has 0 aliphatic carbocycles. The Morgan fingerprint density at radius 1 is 1.36 bits per heavy atom. The highest BCUT2D eigenvalue weighted by Crippen LogP contribution is 1.94. The van der Waals surface area contributed by atoms with Crippen LogP contribution in [0.1, 0.15) is 19.8 Å². The van der Waals surface area contributed by atoms with Crippen LogP contribution < -0.4 is 10.9 Å². The molecule has 0 aliphatic rings.